The summed E-state index contributed by atoms with van der Waals surface area (Å²) in [5.41, 5.74) is 2.06. The summed E-state index contributed by atoms with van der Waals surface area (Å²) < 4.78 is 5.54. The predicted molar refractivity (Wildman–Crippen MR) is 140 cm³/mol. The molecule has 0 aliphatic carbocycles. The lowest BCUT2D eigenvalue weighted by Crippen LogP contribution is -2.67. The maximum atomic E-state index is 13.6. The van der Waals surface area contributed by atoms with Crippen LogP contribution < -0.4 is 9.64 Å². The molecule has 3 amide bonds. The van der Waals surface area contributed by atoms with E-state index in [0.717, 1.165) is 10.5 Å². The molecular weight excluding hydrogens is 546 g/mol. The second kappa shape index (κ2) is 9.27. The molecule has 0 N–H and O–H groups in total. The summed E-state index contributed by atoms with van der Waals surface area (Å²) in [6.07, 6.45) is 0. The van der Waals surface area contributed by atoms with Gasteiger partial charge in [0.25, 0.3) is 17.7 Å². The zero-order valence-electron chi connectivity index (χ0n) is 19.0. The number of amides is 3. The first-order valence-corrected chi connectivity index (χ1v) is 12.5. The number of β-lactam (4-membered cyclic amide) rings is 1. The van der Waals surface area contributed by atoms with Gasteiger partial charge in [0.05, 0.1) is 43.9 Å². The van der Waals surface area contributed by atoms with Gasteiger partial charge in [0.2, 0.25) is 0 Å². The summed E-state index contributed by atoms with van der Waals surface area (Å²) in [4.78, 5) is 43.0. The highest BCUT2D eigenvalue weighted by Gasteiger charge is 2.58. The number of rotatable bonds is 5. The number of imide groups is 1. The number of hydrogen-bond donors (Lipinski definition) is 0. The molecule has 0 saturated carbocycles. The quantitative estimate of drug-likeness (QED) is 0.149. The maximum Gasteiger partial charge on any atom is 0.264 e. The molecular formula is C26H18Cl4N2O4. The molecule has 2 heterocycles. The first kappa shape index (κ1) is 24.9. The number of hydrogen-bond acceptors (Lipinski definition) is 4. The van der Waals surface area contributed by atoms with Crippen molar-refractivity contribution in [3.05, 3.63) is 90.9 Å². The van der Waals surface area contributed by atoms with Crippen molar-refractivity contribution in [2.75, 3.05) is 11.5 Å². The Morgan fingerprint density at radius 2 is 1.25 bits per heavy atom. The minimum Gasteiger partial charge on any atom is -0.494 e. The van der Waals surface area contributed by atoms with E-state index < -0.39 is 29.8 Å². The highest BCUT2D eigenvalue weighted by Crippen LogP contribution is 2.49. The molecule has 1 fully saturated rings. The van der Waals surface area contributed by atoms with E-state index in [-0.39, 0.29) is 31.2 Å². The smallest absolute Gasteiger partial charge is 0.264 e. The lowest BCUT2D eigenvalue weighted by atomic mass is 9.86. The van der Waals surface area contributed by atoms with Crippen LogP contribution in [0, 0.1) is 6.92 Å². The Balaban J connectivity index is 1.60. The van der Waals surface area contributed by atoms with Gasteiger partial charge in [-0.25, -0.2) is 0 Å². The van der Waals surface area contributed by atoms with Gasteiger partial charge >= 0.3 is 0 Å². The van der Waals surface area contributed by atoms with E-state index in [1.165, 1.54) is 0 Å². The Morgan fingerprint density at radius 1 is 0.722 bits per heavy atom. The van der Waals surface area contributed by atoms with E-state index in [2.05, 4.69) is 0 Å². The predicted octanol–water partition coefficient (Wildman–Crippen LogP) is 6.76. The summed E-state index contributed by atoms with van der Waals surface area (Å²) in [5.74, 6) is -1.26. The number of anilines is 1. The molecule has 0 spiro atoms. The number of benzene rings is 3. The lowest BCUT2D eigenvalue weighted by Gasteiger charge is -2.49. The number of carbonyl (C=O) groups is 3. The van der Waals surface area contributed by atoms with Crippen LogP contribution in [-0.4, -0.2) is 35.3 Å². The Morgan fingerprint density at radius 3 is 1.75 bits per heavy atom. The number of halogens is 4. The zero-order valence-corrected chi connectivity index (χ0v) is 22.0. The van der Waals surface area contributed by atoms with Crippen molar-refractivity contribution in [2.45, 2.75) is 25.9 Å². The largest absolute Gasteiger partial charge is 0.494 e. The molecule has 0 unspecified atom stereocenters. The molecule has 0 aromatic heterocycles. The van der Waals surface area contributed by atoms with Gasteiger partial charge in [0, 0.05) is 5.69 Å². The first-order chi connectivity index (χ1) is 17.2. The van der Waals surface area contributed by atoms with E-state index in [0.29, 0.717) is 23.6 Å². The highest BCUT2D eigenvalue weighted by atomic mass is 35.5. The summed E-state index contributed by atoms with van der Waals surface area (Å²) in [7, 11) is 0. The van der Waals surface area contributed by atoms with Gasteiger partial charge in [0.1, 0.15) is 11.8 Å². The van der Waals surface area contributed by atoms with E-state index in [4.69, 9.17) is 51.1 Å². The third kappa shape index (κ3) is 3.67. The van der Waals surface area contributed by atoms with Crippen molar-refractivity contribution in [3.8, 4) is 5.75 Å². The fraction of sp³-hybridized carbons (Fsp3) is 0.192. The van der Waals surface area contributed by atoms with Crippen molar-refractivity contribution in [3.63, 3.8) is 0 Å². The third-order valence-electron chi connectivity index (χ3n) is 6.32. The average Bonchev–Trinajstić information content (AvgIpc) is 3.12. The highest BCUT2D eigenvalue weighted by molar-refractivity contribution is 6.55. The zero-order chi connectivity index (χ0) is 25.9. The molecule has 10 heteroatoms. The van der Waals surface area contributed by atoms with Crippen LogP contribution in [0.3, 0.4) is 0 Å². The lowest BCUT2D eigenvalue weighted by molar-refractivity contribution is -0.130. The number of ether oxygens (including phenoxy) is 1. The van der Waals surface area contributed by atoms with E-state index in [1.807, 2.05) is 50.2 Å². The second-order valence-corrected chi connectivity index (χ2v) is 9.93. The molecule has 1 saturated heterocycles. The number of carbonyl (C=O) groups excluding carboxylic acids is 3. The van der Waals surface area contributed by atoms with Crippen LogP contribution in [0.5, 0.6) is 5.75 Å². The summed E-state index contributed by atoms with van der Waals surface area (Å²) in [6, 6.07) is 12.8. The van der Waals surface area contributed by atoms with Crippen LogP contribution in [0.4, 0.5) is 5.69 Å². The number of nitrogens with zero attached hydrogens (tertiary/aromatic N) is 2. The van der Waals surface area contributed by atoms with Gasteiger partial charge in [-0.05, 0) is 43.7 Å². The molecule has 184 valence electrons. The van der Waals surface area contributed by atoms with Crippen LogP contribution >= 0.6 is 46.4 Å². The minimum absolute atomic E-state index is 0.130. The third-order valence-corrected chi connectivity index (χ3v) is 8.13. The topological polar surface area (TPSA) is 66.9 Å². The van der Waals surface area contributed by atoms with Crippen LogP contribution in [0.2, 0.25) is 20.1 Å². The Hall–Kier alpha value is -2.77. The van der Waals surface area contributed by atoms with Crippen molar-refractivity contribution >= 4 is 69.8 Å². The van der Waals surface area contributed by atoms with Crippen LogP contribution in [0.1, 0.15) is 44.8 Å². The van der Waals surface area contributed by atoms with Gasteiger partial charge in [-0.2, -0.15) is 0 Å². The summed E-state index contributed by atoms with van der Waals surface area (Å²) >= 11 is 24.9. The summed E-state index contributed by atoms with van der Waals surface area (Å²) in [5, 5.41) is -0.618. The minimum atomic E-state index is -1.12. The van der Waals surface area contributed by atoms with E-state index >= 15 is 0 Å². The normalized spacial score (nSPS) is 19.0. The fourth-order valence-electron chi connectivity index (χ4n) is 4.60. The second-order valence-electron chi connectivity index (χ2n) is 8.42. The molecule has 6 nitrogen and oxygen atoms in total. The molecule has 3 aromatic carbocycles. The fourth-order valence-corrected chi connectivity index (χ4v) is 5.61. The first-order valence-electron chi connectivity index (χ1n) is 11.0. The number of fused-ring (bicyclic) bond motifs is 1. The Kier molecular flexibility index (Phi) is 6.41. The van der Waals surface area contributed by atoms with E-state index in [1.54, 1.807) is 17.0 Å². The molecule has 2 aliphatic rings. The number of aryl methyl sites for hydroxylation is 1. The molecule has 36 heavy (non-hydrogen) atoms. The van der Waals surface area contributed by atoms with Crippen LogP contribution in [0.15, 0.2) is 48.5 Å². The molecule has 0 radical (unpaired) electrons. The van der Waals surface area contributed by atoms with Crippen molar-refractivity contribution in [2.24, 2.45) is 0 Å². The standard InChI is InChI=1S/C26H18Cl4N2O4/c1-3-36-15-10-6-13(7-11-15)22-23(26(35)31(22)14-8-4-12(2)5-9-14)32-24(33)16-17(25(32)34)19(28)21(30)20(29)18(16)27/h4-11,22-23H,3H2,1-2H3/t22-,23+/m0/s1. The van der Waals surface area contributed by atoms with Crippen LogP contribution in [-0.2, 0) is 4.79 Å². The monoisotopic (exact) mass is 562 g/mol. The maximum absolute atomic E-state index is 13.6. The molecule has 3 aromatic rings. The molecule has 5 rings (SSSR count). The van der Waals surface area contributed by atoms with E-state index in [9.17, 15) is 14.4 Å². The van der Waals surface area contributed by atoms with Crippen molar-refractivity contribution < 1.29 is 19.1 Å². The van der Waals surface area contributed by atoms with Gasteiger partial charge < -0.3 is 9.64 Å². The van der Waals surface area contributed by atoms with Crippen molar-refractivity contribution in [1.82, 2.24) is 4.90 Å². The molecule has 0 bridgehead atoms. The Labute approximate surface area is 227 Å². The van der Waals surface area contributed by atoms with Crippen LogP contribution in [0.25, 0.3) is 0 Å². The molecule has 2 aliphatic heterocycles. The molecule has 2 atom stereocenters. The van der Waals surface area contributed by atoms with Gasteiger partial charge in [-0.1, -0.05) is 76.2 Å². The Bertz CT molecular complexity index is 1380. The SMILES string of the molecule is CCOc1ccc([C@H]2[C@@H](N3C(=O)c4c(Cl)c(Cl)c(Cl)c(Cl)c4C3=O)C(=O)N2c2ccc(C)cc2)cc1. The van der Waals surface area contributed by atoms with Gasteiger partial charge in [-0.15, -0.1) is 0 Å². The average molecular weight is 564 g/mol. The van der Waals surface area contributed by atoms with Gasteiger partial charge in [-0.3, -0.25) is 19.3 Å². The van der Waals surface area contributed by atoms with Crippen molar-refractivity contribution in [1.29, 1.82) is 0 Å². The van der Waals surface area contributed by atoms with Gasteiger partial charge in [0.15, 0.2) is 0 Å². The summed E-state index contributed by atoms with van der Waals surface area (Å²) in [6.45, 7) is 4.32.